The number of aromatic nitrogens is 2. The van der Waals surface area contributed by atoms with E-state index in [9.17, 15) is 4.79 Å². The summed E-state index contributed by atoms with van der Waals surface area (Å²) in [6, 6.07) is 21.2. The van der Waals surface area contributed by atoms with E-state index in [1.807, 2.05) is 54.6 Å². The Morgan fingerprint density at radius 2 is 1.83 bits per heavy atom. The van der Waals surface area contributed by atoms with Crippen LogP contribution >= 0.6 is 0 Å². The molecule has 1 amide bonds. The van der Waals surface area contributed by atoms with E-state index in [4.69, 9.17) is 4.74 Å². The Morgan fingerprint density at radius 3 is 2.66 bits per heavy atom. The maximum Gasteiger partial charge on any atom is 0.262 e. The highest BCUT2D eigenvalue weighted by molar-refractivity contribution is 5.91. The van der Waals surface area contributed by atoms with E-state index in [0.29, 0.717) is 11.4 Å². The van der Waals surface area contributed by atoms with Crippen LogP contribution in [0.4, 0.5) is 11.5 Å². The molecule has 0 fully saturated rings. The second-order valence-electron chi connectivity index (χ2n) is 6.62. The standard InChI is InChI=1S/C23H22N4O2/c28-23(16-29-19-6-2-1-3-7-19)27-18-10-11-22(26-15-18)24-13-12-17-14-25-21-9-5-4-8-20(17)21/h1-11,14-15,25H,12-13,16H2,(H,24,26)(H,27,28). The number of para-hydroxylation sites is 2. The minimum Gasteiger partial charge on any atom is -0.484 e. The normalized spacial score (nSPS) is 10.6. The molecule has 2 aromatic heterocycles. The highest BCUT2D eigenvalue weighted by atomic mass is 16.5. The Bertz CT molecular complexity index is 1070. The Kier molecular flexibility index (Phi) is 5.71. The quantitative estimate of drug-likeness (QED) is 0.423. The van der Waals surface area contributed by atoms with Gasteiger partial charge in [-0.25, -0.2) is 4.98 Å². The Balaban J connectivity index is 1.24. The van der Waals surface area contributed by atoms with E-state index in [-0.39, 0.29) is 12.5 Å². The first kappa shape index (κ1) is 18.6. The summed E-state index contributed by atoms with van der Waals surface area (Å²) in [4.78, 5) is 19.6. The van der Waals surface area contributed by atoms with Crippen molar-refractivity contribution in [2.75, 3.05) is 23.8 Å². The summed E-state index contributed by atoms with van der Waals surface area (Å²) in [5, 5.41) is 7.34. The van der Waals surface area contributed by atoms with E-state index >= 15 is 0 Å². The molecule has 3 N–H and O–H groups in total. The molecule has 0 atom stereocenters. The molecule has 0 aliphatic rings. The number of carbonyl (C=O) groups excluding carboxylic acids is 1. The average molecular weight is 386 g/mol. The third-order valence-electron chi connectivity index (χ3n) is 4.54. The Labute approximate surface area is 168 Å². The highest BCUT2D eigenvalue weighted by Gasteiger charge is 2.05. The smallest absolute Gasteiger partial charge is 0.262 e. The van der Waals surface area contributed by atoms with Gasteiger partial charge in [0.25, 0.3) is 5.91 Å². The van der Waals surface area contributed by atoms with Gasteiger partial charge in [0.2, 0.25) is 0 Å². The molecule has 2 heterocycles. The van der Waals surface area contributed by atoms with Crippen LogP contribution in [0, 0.1) is 0 Å². The van der Waals surface area contributed by atoms with Gasteiger partial charge in [0.1, 0.15) is 11.6 Å². The molecule has 4 aromatic rings. The predicted molar refractivity (Wildman–Crippen MR) is 115 cm³/mol. The SMILES string of the molecule is O=C(COc1ccccc1)Nc1ccc(NCCc2c[nH]c3ccccc23)nc1. The third kappa shape index (κ3) is 4.93. The first-order valence-electron chi connectivity index (χ1n) is 9.50. The molecule has 146 valence electrons. The minimum atomic E-state index is -0.226. The minimum absolute atomic E-state index is 0.0470. The van der Waals surface area contributed by atoms with Crippen LogP contribution in [0.3, 0.4) is 0 Å². The number of H-pyrrole nitrogens is 1. The molecule has 0 aliphatic heterocycles. The van der Waals surface area contributed by atoms with Crippen LogP contribution in [-0.2, 0) is 11.2 Å². The van der Waals surface area contributed by atoms with E-state index in [1.165, 1.54) is 10.9 Å². The summed E-state index contributed by atoms with van der Waals surface area (Å²) in [7, 11) is 0. The summed E-state index contributed by atoms with van der Waals surface area (Å²) < 4.78 is 5.44. The van der Waals surface area contributed by atoms with E-state index in [0.717, 1.165) is 24.3 Å². The van der Waals surface area contributed by atoms with Gasteiger partial charge >= 0.3 is 0 Å². The number of benzene rings is 2. The summed E-state index contributed by atoms with van der Waals surface area (Å²) >= 11 is 0. The fraction of sp³-hybridized carbons (Fsp3) is 0.130. The zero-order chi connectivity index (χ0) is 19.9. The number of pyridine rings is 1. The third-order valence-corrected chi connectivity index (χ3v) is 4.54. The van der Waals surface area contributed by atoms with E-state index in [2.05, 4.69) is 38.9 Å². The Hall–Kier alpha value is -3.80. The molecule has 2 aromatic carbocycles. The molecular weight excluding hydrogens is 364 g/mol. The van der Waals surface area contributed by atoms with Crippen LogP contribution in [-0.4, -0.2) is 29.0 Å². The molecule has 0 aliphatic carbocycles. The number of hydrogen-bond acceptors (Lipinski definition) is 4. The van der Waals surface area contributed by atoms with Crippen LogP contribution in [0.5, 0.6) is 5.75 Å². The maximum atomic E-state index is 12.0. The lowest BCUT2D eigenvalue weighted by atomic mass is 10.1. The number of nitrogens with one attached hydrogen (secondary N) is 3. The molecule has 0 radical (unpaired) electrons. The van der Waals surface area contributed by atoms with Gasteiger partial charge in [-0.1, -0.05) is 36.4 Å². The number of carbonyl (C=O) groups is 1. The van der Waals surface area contributed by atoms with Gasteiger partial charge in [0.15, 0.2) is 6.61 Å². The average Bonchev–Trinajstić information content (AvgIpc) is 3.17. The van der Waals surface area contributed by atoms with Gasteiger partial charge in [-0.15, -0.1) is 0 Å². The lowest BCUT2D eigenvalue weighted by Gasteiger charge is -2.09. The van der Waals surface area contributed by atoms with Crippen LogP contribution in [0.1, 0.15) is 5.56 Å². The molecular formula is C23H22N4O2. The fourth-order valence-corrected chi connectivity index (χ4v) is 3.10. The maximum absolute atomic E-state index is 12.0. The second-order valence-corrected chi connectivity index (χ2v) is 6.62. The van der Waals surface area contributed by atoms with E-state index < -0.39 is 0 Å². The Morgan fingerprint density at radius 1 is 1.00 bits per heavy atom. The van der Waals surface area contributed by atoms with Gasteiger partial charge in [0, 0.05) is 23.6 Å². The van der Waals surface area contributed by atoms with Crippen molar-refractivity contribution in [3.63, 3.8) is 0 Å². The number of ether oxygens (including phenoxy) is 1. The summed E-state index contributed by atoms with van der Waals surface area (Å²) in [5.74, 6) is 1.20. The largest absolute Gasteiger partial charge is 0.484 e. The molecule has 4 rings (SSSR count). The number of hydrogen-bond donors (Lipinski definition) is 3. The van der Waals surface area contributed by atoms with Gasteiger partial charge in [-0.3, -0.25) is 4.79 Å². The van der Waals surface area contributed by atoms with Crippen LogP contribution in [0.25, 0.3) is 10.9 Å². The lowest BCUT2D eigenvalue weighted by Crippen LogP contribution is -2.20. The van der Waals surface area contributed by atoms with Crippen molar-refractivity contribution < 1.29 is 9.53 Å². The molecule has 6 heteroatoms. The molecule has 0 unspecified atom stereocenters. The van der Waals surface area contributed by atoms with Crippen LogP contribution in [0.2, 0.25) is 0 Å². The molecule has 29 heavy (non-hydrogen) atoms. The summed E-state index contributed by atoms with van der Waals surface area (Å²) in [5.41, 5.74) is 3.06. The zero-order valence-corrected chi connectivity index (χ0v) is 15.9. The van der Waals surface area contributed by atoms with Crippen molar-refractivity contribution in [1.29, 1.82) is 0 Å². The topological polar surface area (TPSA) is 79.0 Å². The first-order valence-corrected chi connectivity index (χ1v) is 9.50. The van der Waals surface area contributed by atoms with E-state index in [1.54, 1.807) is 6.20 Å². The molecule has 0 spiro atoms. The number of aromatic amines is 1. The number of rotatable bonds is 8. The second kappa shape index (κ2) is 8.93. The number of anilines is 2. The molecule has 6 nitrogen and oxygen atoms in total. The molecule has 0 bridgehead atoms. The van der Waals surface area contributed by atoms with Crippen molar-refractivity contribution >= 4 is 28.3 Å². The summed E-state index contributed by atoms with van der Waals surface area (Å²) in [6.07, 6.45) is 4.57. The van der Waals surface area contributed by atoms with Gasteiger partial charge in [-0.2, -0.15) is 0 Å². The number of nitrogens with zero attached hydrogens (tertiary/aromatic N) is 1. The van der Waals surface area contributed by atoms with Crippen molar-refractivity contribution in [2.45, 2.75) is 6.42 Å². The van der Waals surface area contributed by atoms with Crippen molar-refractivity contribution in [3.05, 3.63) is 84.7 Å². The van der Waals surface area contributed by atoms with Crippen molar-refractivity contribution in [2.24, 2.45) is 0 Å². The van der Waals surface area contributed by atoms with Gasteiger partial charge in [-0.05, 0) is 42.3 Å². The zero-order valence-electron chi connectivity index (χ0n) is 15.9. The van der Waals surface area contributed by atoms with Gasteiger partial charge < -0.3 is 20.4 Å². The monoisotopic (exact) mass is 386 g/mol. The molecule has 0 saturated carbocycles. The summed E-state index contributed by atoms with van der Waals surface area (Å²) in [6.45, 7) is 0.722. The van der Waals surface area contributed by atoms with Crippen LogP contribution < -0.4 is 15.4 Å². The van der Waals surface area contributed by atoms with Crippen molar-refractivity contribution in [3.8, 4) is 5.75 Å². The number of fused-ring (bicyclic) bond motifs is 1. The number of amides is 1. The van der Waals surface area contributed by atoms with Gasteiger partial charge in [0.05, 0.1) is 11.9 Å². The highest BCUT2D eigenvalue weighted by Crippen LogP contribution is 2.18. The first-order chi connectivity index (χ1) is 14.3. The van der Waals surface area contributed by atoms with Crippen LogP contribution in [0.15, 0.2) is 79.1 Å². The lowest BCUT2D eigenvalue weighted by molar-refractivity contribution is -0.118. The fourth-order valence-electron chi connectivity index (χ4n) is 3.10. The van der Waals surface area contributed by atoms with Crippen molar-refractivity contribution in [1.82, 2.24) is 9.97 Å². The predicted octanol–water partition coefficient (Wildman–Crippen LogP) is 4.24. The molecule has 0 saturated heterocycles.